The lowest BCUT2D eigenvalue weighted by Gasteiger charge is -2.02. The Kier molecular flexibility index (Phi) is 2.56. The molecule has 0 atom stereocenters. The van der Waals surface area contributed by atoms with Gasteiger partial charge in [0.2, 0.25) is 0 Å². The van der Waals surface area contributed by atoms with Gasteiger partial charge < -0.3 is 0 Å². The number of rotatable bonds is 2. The van der Waals surface area contributed by atoms with Crippen LogP contribution in [0.1, 0.15) is 17.1 Å². The van der Waals surface area contributed by atoms with Crippen molar-refractivity contribution < 1.29 is 0 Å². The van der Waals surface area contributed by atoms with Gasteiger partial charge in [0.1, 0.15) is 0 Å². The zero-order chi connectivity index (χ0) is 12.0. The standard InChI is InChI=1S/C11H11BrN4S/c1-7-5-8(2)16(14-7)10-9(6-12)15-3-4-17-11(15)13-10/h3-5H,6H2,1-2H3. The Bertz CT molecular complexity index is 679. The lowest BCUT2D eigenvalue weighted by molar-refractivity contribution is 0.804. The molecule has 0 aliphatic rings. The smallest absolute Gasteiger partial charge is 0.195 e. The third kappa shape index (κ3) is 1.63. The molecule has 0 aromatic carbocycles. The fourth-order valence-corrected chi connectivity index (χ4v) is 3.21. The molecule has 0 saturated heterocycles. The van der Waals surface area contributed by atoms with E-state index in [2.05, 4.69) is 36.5 Å². The summed E-state index contributed by atoms with van der Waals surface area (Å²) < 4.78 is 4.01. The maximum atomic E-state index is 4.64. The van der Waals surface area contributed by atoms with Crippen LogP contribution in [0.25, 0.3) is 10.8 Å². The molecule has 3 aromatic rings. The van der Waals surface area contributed by atoms with Crippen LogP contribution in [0.5, 0.6) is 0 Å². The molecule has 3 aromatic heterocycles. The number of thiazole rings is 1. The Morgan fingerprint density at radius 3 is 2.88 bits per heavy atom. The van der Waals surface area contributed by atoms with E-state index in [0.717, 1.165) is 33.2 Å². The topological polar surface area (TPSA) is 35.1 Å². The number of nitrogens with zero attached hydrogens (tertiary/aromatic N) is 4. The highest BCUT2D eigenvalue weighted by Gasteiger charge is 2.15. The zero-order valence-electron chi connectivity index (χ0n) is 9.51. The molecule has 4 nitrogen and oxygen atoms in total. The van der Waals surface area contributed by atoms with Gasteiger partial charge in [0.05, 0.1) is 11.4 Å². The minimum absolute atomic E-state index is 0.762. The van der Waals surface area contributed by atoms with Crippen molar-refractivity contribution in [1.29, 1.82) is 0 Å². The van der Waals surface area contributed by atoms with E-state index in [-0.39, 0.29) is 0 Å². The number of alkyl halides is 1. The first kappa shape index (κ1) is 11.0. The van der Waals surface area contributed by atoms with Gasteiger partial charge in [-0.1, -0.05) is 15.9 Å². The Morgan fingerprint density at radius 1 is 1.41 bits per heavy atom. The summed E-state index contributed by atoms with van der Waals surface area (Å²) in [6.45, 7) is 4.04. The first-order valence-corrected chi connectivity index (χ1v) is 7.25. The molecule has 0 amide bonds. The van der Waals surface area contributed by atoms with Crippen LogP contribution in [0.4, 0.5) is 0 Å². The van der Waals surface area contributed by atoms with Gasteiger partial charge in [-0.3, -0.25) is 4.40 Å². The van der Waals surface area contributed by atoms with Gasteiger partial charge in [-0.2, -0.15) is 10.1 Å². The molecule has 6 heteroatoms. The molecule has 0 aliphatic carbocycles. The summed E-state index contributed by atoms with van der Waals surface area (Å²) in [6, 6.07) is 2.06. The Labute approximate surface area is 111 Å². The van der Waals surface area contributed by atoms with Gasteiger partial charge in [-0.25, -0.2) is 4.68 Å². The molecule has 88 valence electrons. The van der Waals surface area contributed by atoms with Gasteiger partial charge in [-0.15, -0.1) is 11.3 Å². The van der Waals surface area contributed by atoms with Crippen LogP contribution in [-0.4, -0.2) is 19.2 Å². The summed E-state index contributed by atoms with van der Waals surface area (Å²) in [5.41, 5.74) is 3.25. The van der Waals surface area contributed by atoms with Gasteiger partial charge >= 0.3 is 0 Å². The molecule has 0 aliphatic heterocycles. The van der Waals surface area contributed by atoms with Crippen LogP contribution >= 0.6 is 27.3 Å². The molecule has 0 bridgehead atoms. The van der Waals surface area contributed by atoms with Crippen LogP contribution in [0.15, 0.2) is 17.6 Å². The zero-order valence-corrected chi connectivity index (χ0v) is 11.9. The molecule has 3 rings (SSSR count). The van der Waals surface area contributed by atoms with E-state index in [1.54, 1.807) is 11.3 Å². The Hall–Kier alpha value is -1.14. The van der Waals surface area contributed by atoms with Crippen molar-refractivity contribution in [1.82, 2.24) is 19.2 Å². The number of hydrogen-bond acceptors (Lipinski definition) is 3. The van der Waals surface area contributed by atoms with E-state index in [0.29, 0.717) is 0 Å². The van der Waals surface area contributed by atoms with Crippen molar-refractivity contribution in [2.75, 3.05) is 0 Å². The predicted octanol–water partition coefficient (Wildman–Crippen LogP) is 3.09. The molecule has 0 radical (unpaired) electrons. The SMILES string of the molecule is Cc1cc(C)n(-c2nc3sccn3c2CBr)n1. The Morgan fingerprint density at radius 2 is 2.24 bits per heavy atom. The monoisotopic (exact) mass is 310 g/mol. The molecule has 0 unspecified atom stereocenters. The summed E-state index contributed by atoms with van der Waals surface area (Å²) in [5.74, 6) is 0.916. The second-order valence-electron chi connectivity index (χ2n) is 3.91. The number of halogens is 1. The molecular formula is C11H11BrN4S. The van der Waals surface area contributed by atoms with E-state index < -0.39 is 0 Å². The fraction of sp³-hybridized carbons (Fsp3) is 0.273. The number of aromatic nitrogens is 4. The summed E-state index contributed by atoms with van der Waals surface area (Å²) >= 11 is 5.16. The van der Waals surface area contributed by atoms with E-state index in [1.165, 1.54) is 0 Å². The second kappa shape index (κ2) is 3.96. The minimum Gasteiger partial charge on any atom is -0.292 e. The summed E-state index contributed by atoms with van der Waals surface area (Å²) in [7, 11) is 0. The number of fused-ring (bicyclic) bond motifs is 1. The normalized spacial score (nSPS) is 11.5. The van der Waals surface area contributed by atoms with Gasteiger partial charge in [0.25, 0.3) is 0 Å². The van der Waals surface area contributed by atoms with E-state index in [4.69, 9.17) is 0 Å². The molecule has 0 N–H and O–H groups in total. The lowest BCUT2D eigenvalue weighted by Crippen LogP contribution is -2.03. The Balaban J connectivity index is 2.29. The molecule has 17 heavy (non-hydrogen) atoms. The summed E-state index contributed by atoms with van der Waals surface area (Å²) in [5, 5.41) is 7.29. The van der Waals surface area contributed by atoms with Crippen LogP contribution < -0.4 is 0 Å². The quantitative estimate of drug-likeness (QED) is 0.682. The highest BCUT2D eigenvalue weighted by molar-refractivity contribution is 9.08. The largest absolute Gasteiger partial charge is 0.292 e. The van der Waals surface area contributed by atoms with E-state index >= 15 is 0 Å². The van der Waals surface area contributed by atoms with Crippen LogP contribution in [0, 0.1) is 13.8 Å². The molecule has 0 spiro atoms. The molecule has 0 fully saturated rings. The van der Waals surface area contributed by atoms with Crippen molar-refractivity contribution >= 4 is 32.2 Å². The van der Waals surface area contributed by atoms with Crippen molar-refractivity contribution in [3.63, 3.8) is 0 Å². The number of hydrogen-bond donors (Lipinski definition) is 0. The maximum Gasteiger partial charge on any atom is 0.195 e. The highest BCUT2D eigenvalue weighted by Crippen LogP contribution is 2.23. The average molecular weight is 311 g/mol. The summed E-state index contributed by atoms with van der Waals surface area (Å²) in [4.78, 5) is 5.64. The van der Waals surface area contributed by atoms with Crippen LogP contribution in [0.2, 0.25) is 0 Å². The third-order valence-corrected chi connectivity index (χ3v) is 3.96. The summed E-state index contributed by atoms with van der Waals surface area (Å²) in [6.07, 6.45) is 2.04. The first-order chi connectivity index (χ1) is 8.20. The molecule has 3 heterocycles. The van der Waals surface area contributed by atoms with Crippen LogP contribution in [-0.2, 0) is 5.33 Å². The van der Waals surface area contributed by atoms with E-state index in [1.807, 2.05) is 30.1 Å². The third-order valence-electron chi connectivity index (χ3n) is 2.68. The molecule has 0 saturated carbocycles. The first-order valence-electron chi connectivity index (χ1n) is 5.24. The molecular weight excluding hydrogens is 300 g/mol. The van der Waals surface area contributed by atoms with Crippen molar-refractivity contribution in [2.24, 2.45) is 0 Å². The fourth-order valence-electron chi connectivity index (χ4n) is 1.96. The highest BCUT2D eigenvalue weighted by atomic mass is 79.9. The predicted molar refractivity (Wildman–Crippen MR) is 72.3 cm³/mol. The average Bonchev–Trinajstić information content (AvgIpc) is 2.91. The maximum absolute atomic E-state index is 4.64. The van der Waals surface area contributed by atoms with Gasteiger partial charge in [0, 0.05) is 22.6 Å². The van der Waals surface area contributed by atoms with E-state index in [9.17, 15) is 0 Å². The number of aryl methyl sites for hydroxylation is 2. The van der Waals surface area contributed by atoms with Gasteiger partial charge in [0.15, 0.2) is 10.8 Å². The minimum atomic E-state index is 0.762. The van der Waals surface area contributed by atoms with Crippen molar-refractivity contribution in [3.05, 3.63) is 34.7 Å². The second-order valence-corrected chi connectivity index (χ2v) is 5.34. The lowest BCUT2D eigenvalue weighted by atomic mass is 10.4. The van der Waals surface area contributed by atoms with Crippen molar-refractivity contribution in [2.45, 2.75) is 19.2 Å². The van der Waals surface area contributed by atoms with Crippen LogP contribution in [0.3, 0.4) is 0 Å². The van der Waals surface area contributed by atoms with Crippen molar-refractivity contribution in [3.8, 4) is 5.82 Å². The number of imidazole rings is 1. The van der Waals surface area contributed by atoms with Gasteiger partial charge in [-0.05, 0) is 19.9 Å².